The van der Waals surface area contributed by atoms with Gasteiger partial charge in [-0.1, -0.05) is 17.7 Å². The predicted molar refractivity (Wildman–Crippen MR) is 112 cm³/mol. The molecule has 2 saturated heterocycles. The number of ether oxygens (including phenoxy) is 1. The van der Waals surface area contributed by atoms with Crippen molar-refractivity contribution in [1.29, 1.82) is 0 Å². The van der Waals surface area contributed by atoms with Gasteiger partial charge in [-0.05, 0) is 37.8 Å². The first-order valence-corrected chi connectivity index (χ1v) is 11.3. The standard InChI is InChI=1S/C21H27N3O4S/c1-11-9-12(2)17-13(10-11)21(20(27)22-17)16-15(14(23-21)5-8-29-4)18(25)24(19(16)26)6-7-28-3/h9-10,14-16,23H,5-8H2,1-4H3,(H,22,27). The summed E-state index contributed by atoms with van der Waals surface area (Å²) in [7, 11) is 1.54. The molecule has 3 aliphatic rings. The number of amides is 3. The van der Waals surface area contributed by atoms with Crippen molar-refractivity contribution in [2.45, 2.75) is 31.8 Å². The molecule has 0 bridgehead atoms. The van der Waals surface area contributed by atoms with E-state index in [-0.39, 0.29) is 36.9 Å². The molecule has 7 nitrogen and oxygen atoms in total. The summed E-state index contributed by atoms with van der Waals surface area (Å²) in [6, 6.07) is 3.76. The van der Waals surface area contributed by atoms with Crippen LogP contribution in [0.2, 0.25) is 0 Å². The molecule has 1 aromatic rings. The molecule has 4 atom stereocenters. The van der Waals surface area contributed by atoms with Crippen LogP contribution in [0.25, 0.3) is 0 Å². The normalized spacial score (nSPS) is 30.3. The second-order valence-electron chi connectivity index (χ2n) is 8.12. The van der Waals surface area contributed by atoms with Crippen molar-refractivity contribution in [3.05, 3.63) is 28.8 Å². The molecule has 3 amide bonds. The van der Waals surface area contributed by atoms with Gasteiger partial charge >= 0.3 is 0 Å². The summed E-state index contributed by atoms with van der Waals surface area (Å²) >= 11 is 1.69. The molecule has 0 aromatic heterocycles. The topological polar surface area (TPSA) is 87.7 Å². The number of rotatable bonds is 6. The van der Waals surface area contributed by atoms with Crippen LogP contribution in [0, 0.1) is 25.7 Å². The lowest BCUT2D eigenvalue weighted by Crippen LogP contribution is -2.53. The summed E-state index contributed by atoms with van der Waals surface area (Å²) in [6.07, 6.45) is 2.73. The highest BCUT2D eigenvalue weighted by Crippen LogP contribution is 2.54. The smallest absolute Gasteiger partial charge is 0.250 e. The molecule has 3 aliphatic heterocycles. The molecule has 1 aromatic carbocycles. The predicted octanol–water partition coefficient (Wildman–Crippen LogP) is 1.42. The van der Waals surface area contributed by atoms with Gasteiger partial charge in [0, 0.05) is 24.4 Å². The monoisotopic (exact) mass is 417 g/mol. The van der Waals surface area contributed by atoms with Gasteiger partial charge in [0.2, 0.25) is 17.7 Å². The molecule has 29 heavy (non-hydrogen) atoms. The summed E-state index contributed by atoms with van der Waals surface area (Å²) in [6.45, 7) is 4.44. The maximum absolute atomic E-state index is 13.4. The average Bonchev–Trinajstić information content (AvgIpc) is 3.25. The molecule has 2 fully saturated rings. The number of nitrogens with one attached hydrogen (secondary N) is 2. The minimum absolute atomic E-state index is 0.196. The SMILES string of the molecule is COCCN1C(=O)C2C(CCSC)NC3(C(=O)Nc4c(C)cc(C)cc43)C2C1=O. The van der Waals surface area contributed by atoms with Gasteiger partial charge in [-0.25, -0.2) is 0 Å². The number of hydrogen-bond donors (Lipinski definition) is 2. The number of anilines is 1. The van der Waals surface area contributed by atoms with Crippen LogP contribution in [0.1, 0.15) is 23.1 Å². The number of methoxy groups -OCH3 is 1. The molecule has 8 heteroatoms. The second kappa shape index (κ2) is 7.41. The fraction of sp³-hybridized carbons (Fsp3) is 0.571. The number of carbonyl (C=O) groups is 3. The molecule has 0 radical (unpaired) electrons. The summed E-state index contributed by atoms with van der Waals surface area (Å²) in [4.78, 5) is 41.3. The number of imide groups is 1. The highest BCUT2D eigenvalue weighted by atomic mass is 32.2. The molecule has 4 unspecified atom stereocenters. The average molecular weight is 418 g/mol. The van der Waals surface area contributed by atoms with Crippen molar-refractivity contribution in [2.24, 2.45) is 11.8 Å². The maximum atomic E-state index is 13.4. The molecular formula is C21H27N3O4S. The Labute approximate surface area is 174 Å². The maximum Gasteiger partial charge on any atom is 0.250 e. The van der Waals surface area contributed by atoms with Crippen molar-refractivity contribution in [3.63, 3.8) is 0 Å². The van der Waals surface area contributed by atoms with Gasteiger partial charge in [-0.3, -0.25) is 24.6 Å². The van der Waals surface area contributed by atoms with Gasteiger partial charge in [-0.15, -0.1) is 0 Å². The number of carbonyl (C=O) groups excluding carboxylic acids is 3. The first-order valence-electron chi connectivity index (χ1n) is 9.90. The minimum Gasteiger partial charge on any atom is -0.383 e. The van der Waals surface area contributed by atoms with E-state index in [2.05, 4.69) is 10.6 Å². The Balaban J connectivity index is 1.84. The fourth-order valence-electron chi connectivity index (χ4n) is 5.21. The lowest BCUT2D eigenvalue weighted by molar-refractivity contribution is -0.143. The van der Waals surface area contributed by atoms with E-state index >= 15 is 0 Å². The van der Waals surface area contributed by atoms with E-state index in [1.54, 1.807) is 18.9 Å². The Morgan fingerprint density at radius 2 is 1.97 bits per heavy atom. The first kappa shape index (κ1) is 20.4. The van der Waals surface area contributed by atoms with Crippen LogP contribution in [0.3, 0.4) is 0 Å². The van der Waals surface area contributed by atoms with Crippen LogP contribution in [-0.4, -0.2) is 60.9 Å². The van der Waals surface area contributed by atoms with Crippen molar-refractivity contribution >= 4 is 35.2 Å². The zero-order valence-corrected chi connectivity index (χ0v) is 18.0. The number of aryl methyl sites for hydroxylation is 2. The van der Waals surface area contributed by atoms with E-state index in [4.69, 9.17) is 4.74 Å². The molecular weight excluding hydrogens is 390 g/mol. The van der Waals surface area contributed by atoms with Gasteiger partial charge in [0.1, 0.15) is 5.54 Å². The molecule has 4 rings (SSSR count). The third-order valence-corrected chi connectivity index (χ3v) is 7.05. The van der Waals surface area contributed by atoms with E-state index in [1.807, 2.05) is 32.2 Å². The van der Waals surface area contributed by atoms with Gasteiger partial charge in [-0.2, -0.15) is 11.8 Å². The van der Waals surface area contributed by atoms with Crippen molar-refractivity contribution in [3.8, 4) is 0 Å². The zero-order chi connectivity index (χ0) is 20.9. The Morgan fingerprint density at radius 1 is 1.21 bits per heavy atom. The number of hydrogen-bond acceptors (Lipinski definition) is 6. The Hall–Kier alpha value is -1.90. The lowest BCUT2D eigenvalue weighted by atomic mass is 9.76. The molecule has 2 N–H and O–H groups in total. The van der Waals surface area contributed by atoms with Crippen molar-refractivity contribution in [2.75, 3.05) is 37.6 Å². The molecule has 0 saturated carbocycles. The second-order valence-corrected chi connectivity index (χ2v) is 9.11. The van der Waals surface area contributed by atoms with Gasteiger partial charge in [0.05, 0.1) is 25.0 Å². The third kappa shape index (κ3) is 2.84. The lowest BCUT2D eigenvalue weighted by Gasteiger charge is -2.29. The summed E-state index contributed by atoms with van der Waals surface area (Å²) in [5.41, 5.74) is 2.33. The number of fused-ring (bicyclic) bond motifs is 4. The van der Waals surface area contributed by atoms with Crippen LogP contribution in [0.15, 0.2) is 12.1 Å². The Kier molecular flexibility index (Phi) is 5.21. The largest absolute Gasteiger partial charge is 0.383 e. The van der Waals surface area contributed by atoms with Crippen LogP contribution in [0.4, 0.5) is 5.69 Å². The molecule has 1 spiro atoms. The molecule has 0 aliphatic carbocycles. The van der Waals surface area contributed by atoms with Crippen LogP contribution < -0.4 is 10.6 Å². The van der Waals surface area contributed by atoms with Crippen LogP contribution >= 0.6 is 11.8 Å². The van der Waals surface area contributed by atoms with Crippen LogP contribution in [-0.2, 0) is 24.7 Å². The minimum atomic E-state index is -1.20. The molecule has 156 valence electrons. The van der Waals surface area contributed by atoms with Crippen molar-refractivity contribution in [1.82, 2.24) is 10.2 Å². The summed E-state index contributed by atoms with van der Waals surface area (Å²) in [5, 5.41) is 6.47. The number of benzene rings is 1. The number of thioether (sulfide) groups is 1. The van der Waals surface area contributed by atoms with Gasteiger partial charge in [0.15, 0.2) is 0 Å². The third-order valence-electron chi connectivity index (χ3n) is 6.41. The van der Waals surface area contributed by atoms with Crippen molar-refractivity contribution < 1.29 is 19.1 Å². The molecule has 3 heterocycles. The zero-order valence-electron chi connectivity index (χ0n) is 17.2. The number of nitrogens with zero attached hydrogens (tertiary/aromatic N) is 1. The van der Waals surface area contributed by atoms with Gasteiger partial charge < -0.3 is 10.1 Å². The Bertz CT molecular complexity index is 889. The van der Waals surface area contributed by atoms with E-state index < -0.39 is 17.4 Å². The summed E-state index contributed by atoms with van der Waals surface area (Å²) < 4.78 is 5.10. The quantitative estimate of drug-likeness (QED) is 0.681. The van der Waals surface area contributed by atoms with Crippen LogP contribution in [0.5, 0.6) is 0 Å². The fourth-order valence-corrected chi connectivity index (χ4v) is 5.70. The van der Waals surface area contributed by atoms with E-state index in [9.17, 15) is 14.4 Å². The highest BCUT2D eigenvalue weighted by Gasteiger charge is 2.70. The van der Waals surface area contributed by atoms with E-state index in [1.165, 1.54) is 4.90 Å². The van der Waals surface area contributed by atoms with E-state index in [0.717, 1.165) is 28.1 Å². The summed E-state index contributed by atoms with van der Waals surface area (Å²) in [5.74, 6) is -1.14. The number of likely N-dealkylation sites (tertiary alicyclic amines) is 1. The van der Waals surface area contributed by atoms with E-state index in [0.29, 0.717) is 6.42 Å². The highest BCUT2D eigenvalue weighted by molar-refractivity contribution is 7.98. The first-order chi connectivity index (χ1) is 13.9. The Morgan fingerprint density at radius 3 is 2.66 bits per heavy atom. The van der Waals surface area contributed by atoms with Gasteiger partial charge in [0.25, 0.3) is 0 Å².